The SMILES string of the molecule is CCCCCc1ccc(C(N)=[NH2+])cc1. The summed E-state index contributed by atoms with van der Waals surface area (Å²) in [5.41, 5.74) is 7.76. The fourth-order valence-corrected chi connectivity index (χ4v) is 1.44. The molecule has 0 aromatic heterocycles. The molecule has 0 saturated carbocycles. The fraction of sp³-hybridized carbons (Fsp3) is 0.417. The van der Waals surface area contributed by atoms with Gasteiger partial charge in [-0.1, -0.05) is 31.9 Å². The van der Waals surface area contributed by atoms with E-state index in [2.05, 4.69) is 19.1 Å². The molecule has 0 aliphatic carbocycles. The number of hydrogen-bond acceptors (Lipinski definition) is 0. The van der Waals surface area contributed by atoms with Crippen molar-refractivity contribution >= 4 is 5.84 Å². The first-order valence-electron chi connectivity index (χ1n) is 5.21. The third kappa shape index (κ3) is 3.21. The van der Waals surface area contributed by atoms with E-state index in [9.17, 15) is 0 Å². The van der Waals surface area contributed by atoms with E-state index in [1.165, 1.54) is 24.8 Å². The number of aryl methyl sites for hydroxylation is 1. The fourth-order valence-electron chi connectivity index (χ4n) is 1.44. The molecule has 0 heterocycles. The van der Waals surface area contributed by atoms with Gasteiger partial charge in [0, 0.05) is 0 Å². The van der Waals surface area contributed by atoms with Crippen molar-refractivity contribution in [1.82, 2.24) is 0 Å². The molecule has 1 aromatic rings. The maximum Gasteiger partial charge on any atom is 0.270 e. The molecule has 4 N–H and O–H groups in total. The van der Waals surface area contributed by atoms with Gasteiger partial charge in [0.05, 0.1) is 5.56 Å². The lowest BCUT2D eigenvalue weighted by Crippen LogP contribution is -2.46. The van der Waals surface area contributed by atoms with Gasteiger partial charge in [0.1, 0.15) is 0 Å². The van der Waals surface area contributed by atoms with Crippen molar-refractivity contribution in [3.63, 3.8) is 0 Å². The summed E-state index contributed by atoms with van der Waals surface area (Å²) in [6, 6.07) is 8.17. The number of hydrogen-bond donors (Lipinski definition) is 2. The molecule has 1 rings (SSSR count). The first kappa shape index (κ1) is 10.8. The van der Waals surface area contributed by atoms with E-state index in [1.807, 2.05) is 12.1 Å². The summed E-state index contributed by atoms with van der Waals surface area (Å²) in [5, 5.41) is 5.48. The highest BCUT2D eigenvalue weighted by molar-refractivity contribution is 5.92. The van der Waals surface area contributed by atoms with Crippen molar-refractivity contribution < 1.29 is 5.41 Å². The molecule has 76 valence electrons. The number of unbranched alkanes of at least 4 members (excludes halogenated alkanes) is 2. The molecule has 0 bridgehead atoms. The predicted molar refractivity (Wildman–Crippen MR) is 59.9 cm³/mol. The second-order valence-electron chi connectivity index (χ2n) is 3.61. The Bertz CT molecular complexity index is 288. The van der Waals surface area contributed by atoms with Crippen LogP contribution in [0.4, 0.5) is 0 Å². The molecule has 0 atom stereocenters. The summed E-state index contributed by atoms with van der Waals surface area (Å²) < 4.78 is 0. The van der Waals surface area contributed by atoms with Gasteiger partial charge < -0.3 is 0 Å². The monoisotopic (exact) mass is 191 g/mol. The Balaban J connectivity index is 2.51. The highest BCUT2D eigenvalue weighted by Gasteiger charge is 2.00. The van der Waals surface area contributed by atoms with Gasteiger partial charge in [0.15, 0.2) is 0 Å². The van der Waals surface area contributed by atoms with E-state index in [0.29, 0.717) is 5.84 Å². The topological polar surface area (TPSA) is 51.6 Å². The second-order valence-corrected chi connectivity index (χ2v) is 3.61. The van der Waals surface area contributed by atoms with Gasteiger partial charge in [-0.05, 0) is 30.5 Å². The average Bonchev–Trinajstić information content (AvgIpc) is 2.19. The zero-order valence-corrected chi connectivity index (χ0v) is 8.79. The van der Waals surface area contributed by atoms with E-state index < -0.39 is 0 Å². The van der Waals surface area contributed by atoms with E-state index in [-0.39, 0.29) is 0 Å². The lowest BCUT2D eigenvalue weighted by Gasteiger charge is -2.00. The van der Waals surface area contributed by atoms with Crippen LogP contribution in [-0.4, -0.2) is 5.84 Å². The van der Waals surface area contributed by atoms with Crippen LogP contribution in [0.5, 0.6) is 0 Å². The summed E-state index contributed by atoms with van der Waals surface area (Å²) in [5.74, 6) is 0.394. The summed E-state index contributed by atoms with van der Waals surface area (Å²) in [7, 11) is 0. The van der Waals surface area contributed by atoms with E-state index in [0.717, 1.165) is 12.0 Å². The van der Waals surface area contributed by atoms with E-state index in [1.54, 1.807) is 0 Å². The Morgan fingerprint density at radius 1 is 1.21 bits per heavy atom. The minimum atomic E-state index is 0.394. The third-order valence-corrected chi connectivity index (χ3v) is 2.36. The van der Waals surface area contributed by atoms with Crippen LogP contribution in [0.1, 0.15) is 37.3 Å². The maximum atomic E-state index is 5.48. The maximum absolute atomic E-state index is 5.48. The van der Waals surface area contributed by atoms with Crippen molar-refractivity contribution in [3.8, 4) is 0 Å². The van der Waals surface area contributed by atoms with Crippen molar-refractivity contribution in [3.05, 3.63) is 35.4 Å². The summed E-state index contributed by atoms with van der Waals surface area (Å²) in [6.07, 6.45) is 4.98. The summed E-state index contributed by atoms with van der Waals surface area (Å²) in [6.45, 7) is 2.22. The van der Waals surface area contributed by atoms with Gasteiger partial charge in [0.2, 0.25) is 0 Å². The molecular weight excluding hydrogens is 172 g/mol. The van der Waals surface area contributed by atoms with Gasteiger partial charge >= 0.3 is 0 Å². The van der Waals surface area contributed by atoms with Gasteiger partial charge in [-0.15, -0.1) is 0 Å². The van der Waals surface area contributed by atoms with Gasteiger partial charge in [0.25, 0.3) is 5.84 Å². The Morgan fingerprint density at radius 3 is 2.36 bits per heavy atom. The van der Waals surface area contributed by atoms with Crippen LogP contribution in [0.25, 0.3) is 0 Å². The van der Waals surface area contributed by atoms with Gasteiger partial charge in [-0.25, -0.2) is 0 Å². The zero-order chi connectivity index (χ0) is 10.4. The van der Waals surface area contributed by atoms with E-state index >= 15 is 0 Å². The largest absolute Gasteiger partial charge is 0.287 e. The molecule has 0 spiro atoms. The molecule has 0 radical (unpaired) electrons. The average molecular weight is 191 g/mol. The van der Waals surface area contributed by atoms with Crippen LogP contribution in [0.15, 0.2) is 24.3 Å². The van der Waals surface area contributed by atoms with Crippen molar-refractivity contribution in [2.75, 3.05) is 0 Å². The molecule has 0 aliphatic rings. The molecule has 14 heavy (non-hydrogen) atoms. The number of nitrogens with two attached hydrogens (primary N) is 2. The lowest BCUT2D eigenvalue weighted by atomic mass is 10.1. The number of benzene rings is 1. The van der Waals surface area contributed by atoms with Crippen LogP contribution in [0.3, 0.4) is 0 Å². The second kappa shape index (κ2) is 5.43. The van der Waals surface area contributed by atoms with Crippen LogP contribution in [0, 0.1) is 0 Å². The van der Waals surface area contributed by atoms with Gasteiger partial charge in [-0.2, -0.15) is 0 Å². The minimum absolute atomic E-state index is 0.394. The highest BCUT2D eigenvalue weighted by atomic mass is 14.7. The minimum Gasteiger partial charge on any atom is -0.287 e. The smallest absolute Gasteiger partial charge is 0.270 e. The zero-order valence-electron chi connectivity index (χ0n) is 8.79. The van der Waals surface area contributed by atoms with Crippen LogP contribution in [-0.2, 0) is 6.42 Å². The number of amidine groups is 1. The van der Waals surface area contributed by atoms with Crippen LogP contribution < -0.4 is 11.1 Å². The first-order valence-corrected chi connectivity index (χ1v) is 5.21. The molecule has 0 unspecified atom stereocenters. The van der Waals surface area contributed by atoms with Crippen molar-refractivity contribution in [2.24, 2.45) is 5.73 Å². The normalized spacial score (nSPS) is 10.1. The Labute approximate surface area is 85.6 Å². The molecule has 2 nitrogen and oxygen atoms in total. The van der Waals surface area contributed by atoms with Crippen molar-refractivity contribution in [1.29, 1.82) is 0 Å². The molecule has 0 saturated heterocycles. The lowest BCUT2D eigenvalue weighted by molar-refractivity contribution is -0.114. The Kier molecular flexibility index (Phi) is 4.17. The summed E-state index contributed by atoms with van der Waals surface area (Å²) in [4.78, 5) is 0. The van der Waals surface area contributed by atoms with Crippen molar-refractivity contribution in [2.45, 2.75) is 32.6 Å². The highest BCUT2D eigenvalue weighted by Crippen LogP contribution is 2.07. The standard InChI is InChI=1S/C12H18N2/c1-2-3-4-5-10-6-8-11(9-7-10)12(13)14/h6-9H,2-5H2,1H3,(H3,13,14)/p+1. The molecular formula is C12H19N2+. The predicted octanol–water partition coefficient (Wildman–Crippen LogP) is 0.884. The summed E-state index contributed by atoms with van der Waals surface area (Å²) >= 11 is 0. The Morgan fingerprint density at radius 2 is 1.86 bits per heavy atom. The quantitative estimate of drug-likeness (QED) is 0.405. The third-order valence-electron chi connectivity index (χ3n) is 2.36. The number of rotatable bonds is 5. The van der Waals surface area contributed by atoms with Crippen LogP contribution in [0.2, 0.25) is 0 Å². The van der Waals surface area contributed by atoms with Gasteiger partial charge in [-0.3, -0.25) is 11.1 Å². The molecule has 0 amide bonds. The molecule has 0 aliphatic heterocycles. The van der Waals surface area contributed by atoms with Crippen LogP contribution >= 0.6 is 0 Å². The molecule has 0 fully saturated rings. The first-order chi connectivity index (χ1) is 6.74. The van der Waals surface area contributed by atoms with E-state index in [4.69, 9.17) is 11.1 Å². The molecule has 1 aromatic carbocycles. The Hall–Kier alpha value is -1.31. The molecule has 2 heteroatoms.